The Bertz CT molecular complexity index is 1640. The van der Waals surface area contributed by atoms with E-state index in [2.05, 4.69) is 47.9 Å². The molecule has 1 aromatic rings. The maximum absolute atomic E-state index is 14.2. The van der Waals surface area contributed by atoms with Crippen molar-refractivity contribution in [3.05, 3.63) is 35.9 Å². The number of nitrogens with one attached hydrogen (secondary N) is 9. The summed E-state index contributed by atoms with van der Waals surface area (Å²) in [5.74, 6) is -6.12. The van der Waals surface area contributed by atoms with E-state index in [0.29, 0.717) is 18.5 Å². The molecule has 9 unspecified atom stereocenters. The third-order valence-corrected chi connectivity index (χ3v) is 10.3. The van der Waals surface area contributed by atoms with Crippen LogP contribution in [-0.2, 0) is 44.8 Å². The van der Waals surface area contributed by atoms with Crippen LogP contribution in [0.25, 0.3) is 0 Å². The number of benzene rings is 1. The number of hydrogen-bond donors (Lipinski definition) is 13. The van der Waals surface area contributed by atoms with Crippen molar-refractivity contribution in [1.29, 1.82) is 0 Å². The molecule has 0 saturated carbocycles. The number of rotatable bonds is 13. The maximum Gasteiger partial charge on any atom is 0.245 e. The number of carbonyl (C=O) groups excluding carboxylic acids is 8. The van der Waals surface area contributed by atoms with E-state index in [1.165, 1.54) is 6.92 Å². The molecule has 0 spiro atoms. The highest BCUT2D eigenvalue weighted by molar-refractivity contribution is 5.98. The fraction of sp³-hybridized carbons (Fsp3) is 0.650. The molecule has 2 saturated heterocycles. The lowest BCUT2D eigenvalue weighted by molar-refractivity contribution is -0.136. The van der Waals surface area contributed by atoms with Crippen LogP contribution in [0.2, 0.25) is 0 Å². The SMILES string of the molecule is CC(C)CC1NC(=O)C(Cc2ccccc2)NC(=O)C(CCN)NC(=O)C(NC(=O)C2CCCN2)CCNC(=O)C(C(C)O)NC(=O)C(CCN)NC(=O)C(CCN)NC1=O. The van der Waals surface area contributed by atoms with Gasteiger partial charge in [0.25, 0.3) is 0 Å². The van der Waals surface area contributed by atoms with Crippen molar-refractivity contribution < 1.29 is 43.5 Å². The van der Waals surface area contributed by atoms with Gasteiger partial charge in [0, 0.05) is 13.0 Å². The predicted octanol–water partition coefficient (Wildman–Crippen LogP) is -4.63. The first-order valence-electron chi connectivity index (χ1n) is 21.0. The van der Waals surface area contributed by atoms with Crippen LogP contribution >= 0.6 is 0 Å². The van der Waals surface area contributed by atoms with E-state index in [0.717, 1.165) is 6.42 Å². The van der Waals surface area contributed by atoms with Gasteiger partial charge in [-0.3, -0.25) is 38.4 Å². The third kappa shape index (κ3) is 16.3. The standard InChI is InChI=1S/C40H66N12O9/c1-22(2)20-30-38(59)48-26(11-15-41)34(55)47-28(13-17-43)37(58)52-32(23(3)53)40(61)45-19-14-29(49-33(54)25-10-7-18-44-25)36(57)46-27(12-16-42)35(56)51-31(39(60)50-30)21-24-8-5-4-6-9-24/h4-6,8-9,22-23,25-32,44,53H,7,10-21,41-43H2,1-3H3,(H,45,61)(H,46,57)(H,47,55)(H,48,59)(H,49,54)(H,50,60)(H,51,56)(H,52,58). The molecule has 9 atom stereocenters. The van der Waals surface area contributed by atoms with Gasteiger partial charge in [-0.1, -0.05) is 44.2 Å². The van der Waals surface area contributed by atoms with Crippen LogP contribution in [-0.4, -0.2) is 140 Å². The molecule has 2 fully saturated rings. The number of aliphatic hydroxyl groups excluding tert-OH is 1. The summed E-state index contributed by atoms with van der Waals surface area (Å²) in [7, 11) is 0. The summed E-state index contributed by atoms with van der Waals surface area (Å²) in [4.78, 5) is 110. The summed E-state index contributed by atoms with van der Waals surface area (Å²) >= 11 is 0. The van der Waals surface area contributed by atoms with E-state index in [1.807, 2.05) is 13.8 Å². The van der Waals surface area contributed by atoms with Gasteiger partial charge in [0.05, 0.1) is 12.1 Å². The molecule has 2 aliphatic rings. The van der Waals surface area contributed by atoms with Crippen LogP contribution in [0, 0.1) is 5.92 Å². The van der Waals surface area contributed by atoms with Crippen LogP contribution in [0.4, 0.5) is 0 Å². The van der Waals surface area contributed by atoms with Gasteiger partial charge in [0.1, 0.15) is 42.3 Å². The highest BCUT2D eigenvalue weighted by Crippen LogP contribution is 2.11. The minimum Gasteiger partial charge on any atom is -0.391 e. The Hall–Kier alpha value is -5.22. The molecule has 21 heteroatoms. The molecule has 1 aromatic carbocycles. The van der Waals surface area contributed by atoms with E-state index in [4.69, 9.17) is 17.2 Å². The molecule has 8 amide bonds. The Morgan fingerprint density at radius 3 is 1.66 bits per heavy atom. The van der Waals surface area contributed by atoms with Crippen LogP contribution < -0.4 is 65.1 Å². The van der Waals surface area contributed by atoms with Crippen molar-refractivity contribution in [1.82, 2.24) is 47.9 Å². The van der Waals surface area contributed by atoms with Crippen LogP contribution in [0.5, 0.6) is 0 Å². The topological polar surface area (TPSA) is 343 Å². The summed E-state index contributed by atoms with van der Waals surface area (Å²) in [6.45, 7) is 5.11. The Kier molecular flexibility index (Phi) is 21.0. The first-order chi connectivity index (χ1) is 29.1. The number of nitrogens with two attached hydrogens (primary N) is 3. The molecule has 0 aliphatic carbocycles. The molecular formula is C40H66N12O9. The fourth-order valence-electron chi connectivity index (χ4n) is 6.99. The third-order valence-electron chi connectivity index (χ3n) is 10.3. The lowest BCUT2D eigenvalue weighted by Crippen LogP contribution is -2.61. The van der Waals surface area contributed by atoms with E-state index in [9.17, 15) is 43.5 Å². The highest BCUT2D eigenvalue weighted by Gasteiger charge is 2.36. The average molecular weight is 859 g/mol. The molecule has 16 N–H and O–H groups in total. The van der Waals surface area contributed by atoms with Crippen molar-refractivity contribution in [2.24, 2.45) is 23.1 Å². The van der Waals surface area contributed by atoms with Gasteiger partial charge in [-0.25, -0.2) is 0 Å². The summed E-state index contributed by atoms with van der Waals surface area (Å²) in [5.41, 5.74) is 18.2. The number of carbonyl (C=O) groups is 8. The normalized spacial score (nSPS) is 27.4. The second-order valence-corrected chi connectivity index (χ2v) is 15.9. The summed E-state index contributed by atoms with van der Waals surface area (Å²) < 4.78 is 0. The maximum atomic E-state index is 14.2. The summed E-state index contributed by atoms with van der Waals surface area (Å²) in [6.07, 6.45) is -0.462. The molecule has 340 valence electrons. The largest absolute Gasteiger partial charge is 0.391 e. The van der Waals surface area contributed by atoms with Gasteiger partial charge in [-0.15, -0.1) is 0 Å². The van der Waals surface area contributed by atoms with E-state index in [-0.39, 0.29) is 70.6 Å². The number of aliphatic hydroxyl groups is 1. The molecule has 2 aliphatic heterocycles. The zero-order chi connectivity index (χ0) is 45.1. The zero-order valence-corrected chi connectivity index (χ0v) is 35.3. The highest BCUT2D eigenvalue weighted by atomic mass is 16.3. The minimum absolute atomic E-state index is 0.0132. The molecule has 61 heavy (non-hydrogen) atoms. The van der Waals surface area contributed by atoms with Crippen LogP contribution in [0.15, 0.2) is 30.3 Å². The van der Waals surface area contributed by atoms with Crippen molar-refractivity contribution in [3.8, 4) is 0 Å². The Morgan fingerprint density at radius 2 is 1.15 bits per heavy atom. The van der Waals surface area contributed by atoms with Crippen LogP contribution in [0.3, 0.4) is 0 Å². The molecule has 0 aromatic heterocycles. The van der Waals surface area contributed by atoms with Crippen molar-refractivity contribution in [2.75, 3.05) is 32.7 Å². The molecule has 0 bridgehead atoms. The second-order valence-electron chi connectivity index (χ2n) is 15.9. The fourth-order valence-corrected chi connectivity index (χ4v) is 6.99. The van der Waals surface area contributed by atoms with Gasteiger partial charge in [0.2, 0.25) is 47.3 Å². The zero-order valence-electron chi connectivity index (χ0n) is 35.3. The summed E-state index contributed by atoms with van der Waals surface area (Å²) in [5, 5.41) is 34.7. The van der Waals surface area contributed by atoms with E-state index >= 15 is 0 Å². The monoisotopic (exact) mass is 859 g/mol. The van der Waals surface area contributed by atoms with Gasteiger partial charge in [-0.05, 0) is 89.5 Å². The lowest BCUT2D eigenvalue weighted by Gasteiger charge is -2.28. The van der Waals surface area contributed by atoms with Crippen molar-refractivity contribution in [3.63, 3.8) is 0 Å². The smallest absolute Gasteiger partial charge is 0.245 e. The van der Waals surface area contributed by atoms with Gasteiger partial charge in [-0.2, -0.15) is 0 Å². The predicted molar refractivity (Wildman–Crippen MR) is 224 cm³/mol. The molecular weight excluding hydrogens is 793 g/mol. The van der Waals surface area contributed by atoms with Crippen molar-refractivity contribution in [2.45, 2.75) is 127 Å². The minimum atomic E-state index is -1.53. The Balaban J connectivity index is 2.08. The van der Waals surface area contributed by atoms with Crippen molar-refractivity contribution >= 4 is 47.3 Å². The van der Waals surface area contributed by atoms with E-state index < -0.39 is 102 Å². The number of amides is 8. The molecule has 2 heterocycles. The van der Waals surface area contributed by atoms with E-state index in [1.54, 1.807) is 30.3 Å². The first kappa shape index (κ1) is 50.1. The molecule has 0 radical (unpaired) electrons. The van der Waals surface area contributed by atoms with Gasteiger partial charge < -0.3 is 70.2 Å². The molecule has 21 nitrogen and oxygen atoms in total. The first-order valence-corrected chi connectivity index (χ1v) is 21.0. The quantitative estimate of drug-likeness (QED) is 0.0889. The average Bonchev–Trinajstić information content (AvgIpc) is 3.76. The Morgan fingerprint density at radius 1 is 0.656 bits per heavy atom. The molecule has 3 rings (SSSR count). The number of hydrogen-bond acceptors (Lipinski definition) is 13. The Labute approximate surface area is 356 Å². The summed E-state index contributed by atoms with van der Waals surface area (Å²) in [6, 6.07) is -0.931. The lowest BCUT2D eigenvalue weighted by atomic mass is 10.00. The van der Waals surface area contributed by atoms with Crippen LogP contribution in [0.1, 0.15) is 71.3 Å². The van der Waals surface area contributed by atoms with Gasteiger partial charge >= 0.3 is 0 Å². The second kappa shape index (κ2) is 25.5. The van der Waals surface area contributed by atoms with Gasteiger partial charge in [0.15, 0.2) is 0 Å².